The molecule has 3 aliphatic heterocycles. The van der Waals surface area contributed by atoms with Crippen molar-refractivity contribution in [2.75, 3.05) is 19.6 Å². The average Bonchev–Trinajstić information content (AvgIpc) is 3.08. The molecule has 3 atom stereocenters. The van der Waals surface area contributed by atoms with E-state index in [4.69, 9.17) is 4.74 Å². The molecule has 0 aromatic heterocycles. The first kappa shape index (κ1) is 13.6. The minimum absolute atomic E-state index is 0.319. The van der Waals surface area contributed by atoms with Gasteiger partial charge < -0.3 is 10.1 Å². The van der Waals surface area contributed by atoms with Crippen LogP contribution in [0.3, 0.4) is 0 Å². The molecule has 0 radical (unpaired) electrons. The summed E-state index contributed by atoms with van der Waals surface area (Å²) in [6.07, 6.45) is 6.87. The number of hydrogen-bond acceptors (Lipinski definition) is 3. The average molecular weight is 286 g/mol. The molecule has 2 saturated heterocycles. The van der Waals surface area contributed by atoms with Gasteiger partial charge in [-0.2, -0.15) is 0 Å². The Morgan fingerprint density at radius 2 is 2.19 bits per heavy atom. The summed E-state index contributed by atoms with van der Waals surface area (Å²) in [6.45, 7) is 5.74. The highest BCUT2D eigenvalue weighted by Gasteiger charge is 2.35. The van der Waals surface area contributed by atoms with E-state index in [-0.39, 0.29) is 0 Å². The minimum Gasteiger partial charge on any atom is -0.488 e. The van der Waals surface area contributed by atoms with Crippen molar-refractivity contribution in [3.05, 3.63) is 29.3 Å². The number of nitrogens with zero attached hydrogens (tertiary/aromatic N) is 1. The normalized spacial score (nSPS) is 31.8. The zero-order valence-electron chi connectivity index (χ0n) is 13.0. The van der Waals surface area contributed by atoms with Gasteiger partial charge in [0.1, 0.15) is 11.9 Å². The molecule has 3 unspecified atom stereocenters. The molecule has 0 bridgehead atoms. The van der Waals surface area contributed by atoms with Crippen molar-refractivity contribution in [2.45, 2.75) is 57.2 Å². The van der Waals surface area contributed by atoms with E-state index in [0.717, 1.165) is 24.8 Å². The summed E-state index contributed by atoms with van der Waals surface area (Å²) in [5, 5.41) is 3.81. The number of hydrogen-bond donors (Lipinski definition) is 1. The monoisotopic (exact) mass is 286 g/mol. The molecule has 21 heavy (non-hydrogen) atoms. The van der Waals surface area contributed by atoms with Crippen LogP contribution in [-0.4, -0.2) is 42.7 Å². The van der Waals surface area contributed by atoms with Crippen LogP contribution in [0.15, 0.2) is 18.2 Å². The predicted octanol–water partition coefficient (Wildman–Crippen LogP) is 2.51. The van der Waals surface area contributed by atoms with E-state index >= 15 is 0 Å². The molecule has 3 heteroatoms. The number of benzene rings is 1. The first-order chi connectivity index (χ1) is 10.3. The van der Waals surface area contributed by atoms with E-state index in [1.54, 1.807) is 0 Å². The molecule has 0 spiro atoms. The minimum atomic E-state index is 0.319. The number of piperidine rings is 1. The molecule has 1 aromatic rings. The predicted molar refractivity (Wildman–Crippen MR) is 84.9 cm³/mol. The number of aryl methyl sites for hydroxylation is 1. The van der Waals surface area contributed by atoms with Gasteiger partial charge in [-0.15, -0.1) is 0 Å². The molecule has 4 rings (SSSR count). The lowest BCUT2D eigenvalue weighted by Crippen LogP contribution is -2.47. The Balaban J connectivity index is 1.32. The first-order valence-electron chi connectivity index (χ1n) is 8.53. The van der Waals surface area contributed by atoms with Crippen LogP contribution in [0.25, 0.3) is 0 Å². The van der Waals surface area contributed by atoms with Crippen LogP contribution >= 0.6 is 0 Å². The fourth-order valence-corrected chi connectivity index (χ4v) is 4.33. The zero-order valence-corrected chi connectivity index (χ0v) is 13.0. The number of ether oxygens (including phenoxy) is 1. The van der Waals surface area contributed by atoms with E-state index in [9.17, 15) is 0 Å². The van der Waals surface area contributed by atoms with Gasteiger partial charge in [-0.05, 0) is 44.4 Å². The Hall–Kier alpha value is -1.06. The van der Waals surface area contributed by atoms with E-state index in [2.05, 4.69) is 35.3 Å². The van der Waals surface area contributed by atoms with Crippen LogP contribution in [0, 0.1) is 6.92 Å². The summed E-state index contributed by atoms with van der Waals surface area (Å²) >= 11 is 0. The lowest BCUT2D eigenvalue weighted by molar-refractivity contribution is 0.169. The van der Waals surface area contributed by atoms with Gasteiger partial charge in [0, 0.05) is 31.6 Å². The van der Waals surface area contributed by atoms with Crippen molar-refractivity contribution in [3.63, 3.8) is 0 Å². The molecular weight excluding hydrogens is 260 g/mol. The maximum absolute atomic E-state index is 6.08. The maximum Gasteiger partial charge on any atom is 0.123 e. The second-order valence-corrected chi connectivity index (χ2v) is 6.96. The van der Waals surface area contributed by atoms with Gasteiger partial charge >= 0.3 is 0 Å². The molecule has 1 N–H and O–H groups in total. The highest BCUT2D eigenvalue weighted by Crippen LogP contribution is 2.30. The molecule has 1 aromatic carbocycles. The lowest BCUT2D eigenvalue weighted by Gasteiger charge is -2.33. The molecular formula is C18H26N2O. The summed E-state index contributed by atoms with van der Waals surface area (Å²) in [5.74, 6) is 1.10. The van der Waals surface area contributed by atoms with Gasteiger partial charge in [-0.3, -0.25) is 4.90 Å². The van der Waals surface area contributed by atoms with Gasteiger partial charge in [0.15, 0.2) is 0 Å². The van der Waals surface area contributed by atoms with Crippen LogP contribution in [-0.2, 0) is 6.42 Å². The van der Waals surface area contributed by atoms with Gasteiger partial charge in [0.2, 0.25) is 0 Å². The number of nitrogens with one attached hydrogen (secondary N) is 1. The van der Waals surface area contributed by atoms with Gasteiger partial charge in [-0.25, -0.2) is 0 Å². The SMILES string of the molecule is Cc1ccc2c(c1)CC(CNC1CCN3CCCCC13)O2. The standard InChI is InChI=1S/C18H26N2O/c1-13-5-6-18-14(10-13)11-15(21-18)12-19-16-7-9-20-8-3-2-4-17(16)20/h5-6,10,15-17,19H,2-4,7-9,11-12H2,1H3. The molecule has 0 aliphatic carbocycles. The Morgan fingerprint density at radius 1 is 1.24 bits per heavy atom. The molecule has 2 fully saturated rings. The summed E-state index contributed by atoms with van der Waals surface area (Å²) in [6, 6.07) is 8.01. The summed E-state index contributed by atoms with van der Waals surface area (Å²) < 4.78 is 6.08. The van der Waals surface area contributed by atoms with Crippen LogP contribution in [0.5, 0.6) is 5.75 Å². The topological polar surface area (TPSA) is 24.5 Å². The van der Waals surface area contributed by atoms with E-state index in [1.165, 1.54) is 49.9 Å². The van der Waals surface area contributed by atoms with E-state index in [0.29, 0.717) is 12.1 Å². The quantitative estimate of drug-likeness (QED) is 0.924. The van der Waals surface area contributed by atoms with Crippen molar-refractivity contribution >= 4 is 0 Å². The molecule has 0 amide bonds. The lowest BCUT2D eigenvalue weighted by atomic mass is 9.99. The molecule has 114 valence electrons. The van der Waals surface area contributed by atoms with Crippen molar-refractivity contribution in [3.8, 4) is 5.75 Å². The third-order valence-corrected chi connectivity index (χ3v) is 5.42. The van der Waals surface area contributed by atoms with Crippen LogP contribution in [0.4, 0.5) is 0 Å². The third kappa shape index (κ3) is 2.69. The molecule has 0 saturated carbocycles. The maximum atomic E-state index is 6.08. The van der Waals surface area contributed by atoms with Gasteiger partial charge in [-0.1, -0.05) is 24.1 Å². The highest BCUT2D eigenvalue weighted by atomic mass is 16.5. The fraction of sp³-hybridized carbons (Fsp3) is 0.667. The van der Waals surface area contributed by atoms with Crippen molar-refractivity contribution in [1.29, 1.82) is 0 Å². The Bertz CT molecular complexity index is 516. The van der Waals surface area contributed by atoms with E-state index in [1.807, 2.05) is 0 Å². The fourth-order valence-electron chi connectivity index (χ4n) is 4.33. The summed E-state index contributed by atoms with van der Waals surface area (Å²) in [4.78, 5) is 2.69. The van der Waals surface area contributed by atoms with E-state index < -0.39 is 0 Å². The Morgan fingerprint density at radius 3 is 3.14 bits per heavy atom. The van der Waals surface area contributed by atoms with Gasteiger partial charge in [0.25, 0.3) is 0 Å². The molecule has 3 heterocycles. The number of fused-ring (bicyclic) bond motifs is 2. The molecule has 3 nitrogen and oxygen atoms in total. The van der Waals surface area contributed by atoms with Crippen LogP contribution in [0.2, 0.25) is 0 Å². The van der Waals surface area contributed by atoms with Gasteiger partial charge in [0.05, 0.1) is 0 Å². The zero-order chi connectivity index (χ0) is 14.2. The van der Waals surface area contributed by atoms with Crippen molar-refractivity contribution in [1.82, 2.24) is 10.2 Å². The Labute approximate surface area is 127 Å². The summed E-state index contributed by atoms with van der Waals surface area (Å²) in [7, 11) is 0. The van der Waals surface area contributed by atoms with Crippen molar-refractivity contribution < 1.29 is 4.74 Å². The second-order valence-electron chi connectivity index (χ2n) is 6.96. The largest absolute Gasteiger partial charge is 0.488 e. The highest BCUT2D eigenvalue weighted by molar-refractivity contribution is 5.40. The Kier molecular flexibility index (Phi) is 3.64. The molecule has 3 aliphatic rings. The van der Waals surface area contributed by atoms with Crippen LogP contribution in [0.1, 0.15) is 36.8 Å². The van der Waals surface area contributed by atoms with Crippen molar-refractivity contribution in [2.24, 2.45) is 0 Å². The smallest absolute Gasteiger partial charge is 0.123 e. The second kappa shape index (κ2) is 5.62. The number of rotatable bonds is 3. The third-order valence-electron chi connectivity index (χ3n) is 5.42. The first-order valence-corrected chi connectivity index (χ1v) is 8.53. The summed E-state index contributed by atoms with van der Waals surface area (Å²) in [5.41, 5.74) is 2.71. The van der Waals surface area contributed by atoms with Crippen LogP contribution < -0.4 is 10.1 Å².